The van der Waals surface area contributed by atoms with Gasteiger partial charge in [-0.3, -0.25) is 9.36 Å². The second-order valence-electron chi connectivity index (χ2n) is 7.04. The van der Waals surface area contributed by atoms with E-state index in [2.05, 4.69) is 21.4 Å². The molecule has 0 fully saturated rings. The molecule has 0 aliphatic rings. The number of benzene rings is 2. The molecule has 156 valence electrons. The number of anilines is 2. The molecule has 0 aliphatic carbocycles. The van der Waals surface area contributed by atoms with E-state index < -0.39 is 6.04 Å². The summed E-state index contributed by atoms with van der Waals surface area (Å²) >= 11 is 6.35. The molecule has 1 atom stereocenters. The lowest BCUT2D eigenvalue weighted by atomic mass is 10.1. The van der Waals surface area contributed by atoms with Crippen LogP contribution < -0.4 is 16.6 Å². The number of nitrogens with two attached hydrogens (primary N) is 1. The summed E-state index contributed by atoms with van der Waals surface area (Å²) in [5.74, 6) is 0.283. The Labute approximate surface area is 188 Å². The molecule has 8 nitrogen and oxygen atoms in total. The Bertz CT molecular complexity index is 1480. The summed E-state index contributed by atoms with van der Waals surface area (Å²) in [5, 5.41) is 23.1. The minimum absolute atomic E-state index is 0.0217. The fourth-order valence-corrected chi connectivity index (χ4v) is 3.74. The number of pyridine rings is 1. The van der Waals surface area contributed by atoms with Gasteiger partial charge in [0.2, 0.25) is 5.95 Å². The van der Waals surface area contributed by atoms with Gasteiger partial charge in [-0.2, -0.15) is 15.5 Å². The van der Waals surface area contributed by atoms with E-state index in [1.807, 2.05) is 25.1 Å². The maximum Gasteiger partial charge on any atom is 0.264 e. The molecule has 0 amide bonds. The van der Waals surface area contributed by atoms with E-state index in [0.29, 0.717) is 32.7 Å². The van der Waals surface area contributed by atoms with Crippen LogP contribution in [0.3, 0.4) is 0 Å². The molecule has 0 unspecified atom stereocenters. The summed E-state index contributed by atoms with van der Waals surface area (Å²) in [4.78, 5) is 21.5. The van der Waals surface area contributed by atoms with Crippen molar-refractivity contribution in [3.05, 3.63) is 86.9 Å². The first-order valence-corrected chi connectivity index (χ1v) is 9.94. The van der Waals surface area contributed by atoms with Gasteiger partial charge >= 0.3 is 0 Å². The van der Waals surface area contributed by atoms with Crippen LogP contribution in [0.15, 0.2) is 59.5 Å². The maximum atomic E-state index is 13.5. The molecule has 4 aromatic rings. The van der Waals surface area contributed by atoms with Gasteiger partial charge < -0.3 is 11.1 Å². The van der Waals surface area contributed by atoms with E-state index in [1.54, 1.807) is 36.4 Å². The highest BCUT2D eigenvalue weighted by molar-refractivity contribution is 6.35. The van der Waals surface area contributed by atoms with Crippen molar-refractivity contribution >= 4 is 34.1 Å². The van der Waals surface area contributed by atoms with Gasteiger partial charge in [0, 0.05) is 11.4 Å². The molecule has 0 radical (unpaired) electrons. The number of halogens is 1. The lowest BCUT2D eigenvalue weighted by Gasteiger charge is -2.22. The summed E-state index contributed by atoms with van der Waals surface area (Å²) in [7, 11) is 0. The fraction of sp³-hybridized carbons (Fsp3) is 0.0870. The number of fused-ring (bicyclic) bond motifs is 1. The smallest absolute Gasteiger partial charge is 0.264 e. The lowest BCUT2D eigenvalue weighted by Crippen LogP contribution is -2.26. The number of hydrogen-bond acceptors (Lipinski definition) is 7. The van der Waals surface area contributed by atoms with Gasteiger partial charge in [0.05, 0.1) is 34.3 Å². The Hall–Kier alpha value is -4.40. The number of nitrogen functional groups attached to an aromatic ring is 1. The van der Waals surface area contributed by atoms with Gasteiger partial charge in [0.15, 0.2) is 0 Å². The minimum Gasteiger partial charge on any atom is -0.368 e. The Morgan fingerprint density at radius 2 is 1.91 bits per heavy atom. The van der Waals surface area contributed by atoms with Crippen LogP contribution >= 0.6 is 11.6 Å². The van der Waals surface area contributed by atoms with Crippen molar-refractivity contribution in [2.45, 2.75) is 13.0 Å². The molecule has 2 heterocycles. The van der Waals surface area contributed by atoms with Crippen molar-refractivity contribution < 1.29 is 0 Å². The number of rotatable bonds is 4. The van der Waals surface area contributed by atoms with Crippen molar-refractivity contribution in [2.75, 3.05) is 11.1 Å². The van der Waals surface area contributed by atoms with Crippen molar-refractivity contribution in [1.82, 2.24) is 14.5 Å². The zero-order valence-electron chi connectivity index (χ0n) is 16.9. The summed E-state index contributed by atoms with van der Waals surface area (Å²) < 4.78 is 1.53. The lowest BCUT2D eigenvalue weighted by molar-refractivity contribution is 0.772. The molecule has 2 aromatic carbocycles. The van der Waals surface area contributed by atoms with Gasteiger partial charge in [-0.1, -0.05) is 23.7 Å². The second-order valence-corrected chi connectivity index (χ2v) is 7.45. The Kier molecular flexibility index (Phi) is 5.46. The largest absolute Gasteiger partial charge is 0.368 e. The van der Waals surface area contributed by atoms with Crippen LogP contribution in [0.25, 0.3) is 16.5 Å². The number of nitriles is 2. The van der Waals surface area contributed by atoms with Crippen LogP contribution in [0, 0.1) is 22.7 Å². The highest BCUT2D eigenvalue weighted by Crippen LogP contribution is 2.27. The van der Waals surface area contributed by atoms with E-state index in [9.17, 15) is 10.1 Å². The summed E-state index contributed by atoms with van der Waals surface area (Å²) in [6, 6.07) is 17.4. The Morgan fingerprint density at radius 1 is 1.16 bits per heavy atom. The highest BCUT2D eigenvalue weighted by Gasteiger charge is 2.19. The second kappa shape index (κ2) is 8.38. The van der Waals surface area contributed by atoms with Gasteiger partial charge in [-0.05, 0) is 48.7 Å². The number of hydrogen-bond donors (Lipinski definition) is 2. The van der Waals surface area contributed by atoms with Gasteiger partial charge in [0.1, 0.15) is 17.5 Å². The van der Waals surface area contributed by atoms with Gasteiger partial charge in [0.25, 0.3) is 5.56 Å². The van der Waals surface area contributed by atoms with Crippen molar-refractivity contribution in [2.24, 2.45) is 0 Å². The van der Waals surface area contributed by atoms with Crippen LogP contribution in [0.5, 0.6) is 0 Å². The molecule has 0 spiro atoms. The third-order valence-electron chi connectivity index (χ3n) is 5.00. The predicted molar refractivity (Wildman–Crippen MR) is 122 cm³/mol. The predicted octanol–water partition coefficient (Wildman–Crippen LogP) is 3.93. The first kappa shape index (κ1) is 20.9. The van der Waals surface area contributed by atoms with E-state index in [-0.39, 0.29) is 22.9 Å². The van der Waals surface area contributed by atoms with Gasteiger partial charge in [-0.25, -0.2) is 4.98 Å². The zero-order valence-corrected chi connectivity index (χ0v) is 17.6. The quantitative estimate of drug-likeness (QED) is 0.490. The van der Waals surface area contributed by atoms with E-state index >= 15 is 0 Å². The highest BCUT2D eigenvalue weighted by atomic mass is 35.5. The third kappa shape index (κ3) is 3.71. The summed E-state index contributed by atoms with van der Waals surface area (Å²) in [6.45, 7) is 1.84. The average Bonchev–Trinajstić information content (AvgIpc) is 2.79. The van der Waals surface area contributed by atoms with E-state index in [1.165, 1.54) is 10.8 Å². The molecule has 3 N–H and O–H groups in total. The molecule has 0 bridgehead atoms. The standard InChI is InChI=1S/C23H16ClN7O/c1-13(29-21-16(11-26)12-28-23(27)30-21)19-9-15-3-2-4-18(24)20(15)22(32)31(19)17-7-5-14(10-25)6-8-17/h2-9,12-13H,1H3,(H3,27,28,29,30)/t13-/m0/s1. The van der Waals surface area contributed by atoms with Crippen LogP contribution in [0.4, 0.5) is 11.8 Å². The normalized spacial score (nSPS) is 11.5. The number of aromatic nitrogens is 3. The molecule has 4 rings (SSSR count). The van der Waals surface area contributed by atoms with Crippen molar-refractivity contribution in [3.8, 4) is 17.8 Å². The van der Waals surface area contributed by atoms with Crippen LogP contribution in [0.2, 0.25) is 5.02 Å². The Morgan fingerprint density at radius 3 is 2.59 bits per heavy atom. The number of nitrogens with one attached hydrogen (secondary N) is 1. The summed E-state index contributed by atoms with van der Waals surface area (Å²) in [6.07, 6.45) is 1.34. The van der Waals surface area contributed by atoms with Gasteiger partial charge in [-0.15, -0.1) is 0 Å². The first-order valence-electron chi connectivity index (χ1n) is 9.56. The molecule has 0 aliphatic heterocycles. The zero-order chi connectivity index (χ0) is 22.8. The topological polar surface area (TPSA) is 133 Å². The van der Waals surface area contributed by atoms with Crippen molar-refractivity contribution in [1.29, 1.82) is 10.5 Å². The first-order chi connectivity index (χ1) is 15.4. The molecule has 0 saturated heterocycles. The van der Waals surface area contributed by atoms with Crippen LogP contribution in [-0.2, 0) is 0 Å². The monoisotopic (exact) mass is 441 g/mol. The molecule has 32 heavy (non-hydrogen) atoms. The fourth-order valence-electron chi connectivity index (χ4n) is 3.48. The molecular formula is C23H16ClN7O. The van der Waals surface area contributed by atoms with Crippen LogP contribution in [0.1, 0.15) is 29.8 Å². The maximum absolute atomic E-state index is 13.5. The molecule has 2 aromatic heterocycles. The molecule has 9 heteroatoms. The number of nitrogens with zero attached hydrogens (tertiary/aromatic N) is 5. The average molecular weight is 442 g/mol. The summed E-state index contributed by atoms with van der Waals surface area (Å²) in [5.41, 5.74) is 7.27. The molecular weight excluding hydrogens is 426 g/mol. The van der Waals surface area contributed by atoms with E-state index in [4.69, 9.17) is 22.6 Å². The Balaban J connectivity index is 1.93. The minimum atomic E-state index is -0.455. The molecule has 0 saturated carbocycles. The third-order valence-corrected chi connectivity index (χ3v) is 5.32. The van der Waals surface area contributed by atoms with Crippen LogP contribution in [-0.4, -0.2) is 14.5 Å². The SMILES string of the molecule is C[C@H](Nc1nc(N)ncc1C#N)c1cc2cccc(Cl)c2c(=O)n1-c1ccc(C#N)cc1. The van der Waals surface area contributed by atoms with E-state index in [0.717, 1.165) is 0 Å². The van der Waals surface area contributed by atoms with Crippen molar-refractivity contribution in [3.63, 3.8) is 0 Å².